The Hall–Kier alpha value is -2.83. The number of nitrogens with zero attached hydrogens (tertiary/aromatic N) is 3. The Balaban J connectivity index is 1.65. The van der Waals surface area contributed by atoms with Gasteiger partial charge in [-0.1, -0.05) is 6.07 Å². The monoisotopic (exact) mass is 381 g/mol. The van der Waals surface area contributed by atoms with E-state index in [1.54, 1.807) is 16.8 Å². The molecule has 4 rings (SSSR count). The number of hydrogen-bond donors (Lipinski definition) is 2. The van der Waals surface area contributed by atoms with Gasteiger partial charge in [0.2, 0.25) is 0 Å². The van der Waals surface area contributed by atoms with E-state index in [2.05, 4.69) is 24.3 Å². The number of rotatable bonds is 4. The van der Waals surface area contributed by atoms with Gasteiger partial charge in [-0.25, -0.2) is 4.68 Å². The molecule has 2 heterocycles. The summed E-state index contributed by atoms with van der Waals surface area (Å²) in [5.74, 6) is 0.131. The number of carbonyl (C=O) groups is 2. The molecule has 1 aromatic heterocycles. The van der Waals surface area contributed by atoms with Gasteiger partial charge in [0, 0.05) is 23.7 Å². The molecule has 2 aromatic rings. The second-order valence-corrected chi connectivity index (χ2v) is 8.09. The molecule has 2 atom stereocenters. The third kappa shape index (κ3) is 3.25. The fraction of sp³-hybridized carbons (Fsp3) is 0.476. The normalized spacial score (nSPS) is 21.8. The molecule has 0 radical (unpaired) electrons. The van der Waals surface area contributed by atoms with Crippen LogP contribution in [0.1, 0.15) is 65.8 Å². The molecule has 1 aliphatic carbocycles. The molecule has 2 fully saturated rings. The number of carbonyl (C=O) groups excluding carboxylic acids is 2. The molecule has 1 aromatic carbocycles. The van der Waals surface area contributed by atoms with Gasteiger partial charge in [-0.3, -0.25) is 9.59 Å². The Morgan fingerprint density at radius 1 is 1.14 bits per heavy atom. The van der Waals surface area contributed by atoms with E-state index in [0.717, 1.165) is 31.2 Å². The molecule has 148 valence electrons. The van der Waals surface area contributed by atoms with Crippen molar-refractivity contribution in [1.29, 1.82) is 0 Å². The van der Waals surface area contributed by atoms with Crippen LogP contribution >= 0.6 is 0 Å². The first-order chi connectivity index (χ1) is 13.4. The Bertz CT molecular complexity index is 921. The average Bonchev–Trinajstić information content (AvgIpc) is 3.30. The maximum Gasteiger partial charge on any atom is 0.259 e. The van der Waals surface area contributed by atoms with Crippen molar-refractivity contribution < 1.29 is 9.59 Å². The van der Waals surface area contributed by atoms with Gasteiger partial charge in [-0.15, -0.1) is 0 Å². The lowest BCUT2D eigenvalue weighted by molar-refractivity contribution is 0.0693. The zero-order valence-corrected chi connectivity index (χ0v) is 16.6. The minimum absolute atomic E-state index is 0.0819. The molecular weight excluding hydrogens is 354 g/mol. The van der Waals surface area contributed by atoms with Crippen molar-refractivity contribution in [3.63, 3.8) is 0 Å². The quantitative estimate of drug-likeness (QED) is 0.851. The zero-order valence-electron chi connectivity index (χ0n) is 16.6. The molecule has 1 saturated carbocycles. The van der Waals surface area contributed by atoms with Gasteiger partial charge in [-0.05, 0) is 64.2 Å². The molecule has 7 nitrogen and oxygen atoms in total. The number of hydrogen-bond acceptors (Lipinski definition) is 4. The predicted molar refractivity (Wildman–Crippen MR) is 108 cm³/mol. The smallest absolute Gasteiger partial charge is 0.259 e. The maximum absolute atomic E-state index is 13.1. The number of likely N-dealkylation sites (tertiary alicyclic amines) is 1. The Kier molecular flexibility index (Phi) is 4.61. The van der Waals surface area contributed by atoms with Crippen LogP contribution in [-0.4, -0.2) is 44.6 Å². The number of aromatic nitrogens is 2. The lowest BCUT2D eigenvalue weighted by Crippen LogP contribution is -2.38. The molecule has 1 aliphatic heterocycles. The van der Waals surface area contributed by atoms with E-state index in [1.165, 1.54) is 6.20 Å². The second-order valence-electron chi connectivity index (χ2n) is 8.09. The highest BCUT2D eigenvalue weighted by Gasteiger charge is 2.34. The van der Waals surface area contributed by atoms with E-state index in [4.69, 9.17) is 5.73 Å². The molecule has 0 bridgehead atoms. The maximum atomic E-state index is 13.1. The molecule has 0 spiro atoms. The third-order valence-corrected chi connectivity index (χ3v) is 5.84. The van der Waals surface area contributed by atoms with E-state index in [1.807, 2.05) is 17.9 Å². The molecule has 2 aliphatic rings. The van der Waals surface area contributed by atoms with Crippen LogP contribution in [-0.2, 0) is 0 Å². The van der Waals surface area contributed by atoms with Crippen LogP contribution in [0.4, 0.5) is 5.82 Å². The fourth-order valence-electron chi connectivity index (χ4n) is 3.92. The SMILES string of the molecule is Cc1ccc(C(=O)NC2CC2)cc1-n1ncc(C(=O)N2C(C)CCC2C)c1N. The molecular formula is C21H27N5O2. The van der Waals surface area contributed by atoms with E-state index in [-0.39, 0.29) is 23.9 Å². The summed E-state index contributed by atoms with van der Waals surface area (Å²) in [6.07, 6.45) is 5.60. The van der Waals surface area contributed by atoms with Crippen LogP contribution in [0.3, 0.4) is 0 Å². The van der Waals surface area contributed by atoms with Crippen molar-refractivity contribution in [2.75, 3.05) is 5.73 Å². The molecule has 2 unspecified atom stereocenters. The van der Waals surface area contributed by atoms with E-state index in [9.17, 15) is 9.59 Å². The van der Waals surface area contributed by atoms with Crippen molar-refractivity contribution in [3.05, 3.63) is 41.1 Å². The van der Waals surface area contributed by atoms with E-state index < -0.39 is 0 Å². The first-order valence-corrected chi connectivity index (χ1v) is 9.95. The van der Waals surface area contributed by atoms with Gasteiger partial charge in [-0.2, -0.15) is 5.10 Å². The Labute approximate surface area is 164 Å². The molecule has 7 heteroatoms. The number of nitrogen functional groups attached to an aromatic ring is 1. The number of nitrogens with two attached hydrogens (primary N) is 1. The van der Waals surface area contributed by atoms with Crippen molar-refractivity contribution in [1.82, 2.24) is 20.0 Å². The minimum atomic E-state index is -0.0921. The van der Waals surface area contributed by atoms with Crippen molar-refractivity contribution in [2.24, 2.45) is 0 Å². The lowest BCUT2D eigenvalue weighted by Gasteiger charge is -2.26. The summed E-state index contributed by atoms with van der Waals surface area (Å²) in [4.78, 5) is 27.3. The number of benzene rings is 1. The second kappa shape index (κ2) is 6.96. The number of nitrogens with one attached hydrogen (secondary N) is 1. The highest BCUT2D eigenvalue weighted by molar-refractivity contribution is 5.99. The van der Waals surface area contributed by atoms with Crippen LogP contribution < -0.4 is 11.1 Å². The minimum Gasteiger partial charge on any atom is -0.383 e. The third-order valence-electron chi connectivity index (χ3n) is 5.84. The van der Waals surface area contributed by atoms with Crippen molar-refractivity contribution in [3.8, 4) is 5.69 Å². The molecule has 1 saturated heterocycles. The van der Waals surface area contributed by atoms with Gasteiger partial charge in [0.05, 0.1) is 11.9 Å². The fourth-order valence-corrected chi connectivity index (χ4v) is 3.92. The molecule has 2 amide bonds. The van der Waals surface area contributed by atoms with Gasteiger partial charge in [0.15, 0.2) is 0 Å². The van der Waals surface area contributed by atoms with E-state index >= 15 is 0 Å². The highest BCUT2D eigenvalue weighted by Crippen LogP contribution is 2.29. The van der Waals surface area contributed by atoms with Gasteiger partial charge in [0.1, 0.15) is 11.4 Å². The standard InChI is InChI=1S/C21H27N5O2/c1-12-4-7-15(20(27)24-16-8-9-16)10-18(12)26-19(22)17(11-23-26)21(28)25-13(2)5-6-14(25)3/h4,7,10-11,13-14,16H,5-6,8-9,22H2,1-3H3,(H,24,27). The number of amides is 2. The van der Waals surface area contributed by atoms with Crippen LogP contribution in [0.15, 0.2) is 24.4 Å². The van der Waals surface area contributed by atoms with Gasteiger partial charge in [0.25, 0.3) is 11.8 Å². The lowest BCUT2D eigenvalue weighted by atomic mass is 10.1. The number of anilines is 1. The topological polar surface area (TPSA) is 93.2 Å². The van der Waals surface area contributed by atoms with Crippen LogP contribution in [0.25, 0.3) is 5.69 Å². The first kappa shape index (κ1) is 18.5. The van der Waals surface area contributed by atoms with Crippen LogP contribution in [0.2, 0.25) is 0 Å². The van der Waals surface area contributed by atoms with Gasteiger partial charge >= 0.3 is 0 Å². The zero-order chi connectivity index (χ0) is 20.0. The Morgan fingerprint density at radius 3 is 2.46 bits per heavy atom. The summed E-state index contributed by atoms with van der Waals surface area (Å²) in [6, 6.07) is 6.15. The van der Waals surface area contributed by atoms with Crippen LogP contribution in [0.5, 0.6) is 0 Å². The summed E-state index contributed by atoms with van der Waals surface area (Å²) in [6.45, 7) is 6.06. The average molecular weight is 381 g/mol. The van der Waals surface area contributed by atoms with E-state index in [0.29, 0.717) is 28.7 Å². The molecule has 28 heavy (non-hydrogen) atoms. The first-order valence-electron chi connectivity index (χ1n) is 9.95. The molecule has 3 N–H and O–H groups in total. The van der Waals surface area contributed by atoms with Crippen molar-refractivity contribution in [2.45, 2.75) is 64.6 Å². The highest BCUT2D eigenvalue weighted by atomic mass is 16.2. The summed E-state index contributed by atoms with van der Waals surface area (Å²) in [7, 11) is 0. The predicted octanol–water partition coefficient (Wildman–Crippen LogP) is 2.67. The number of aryl methyl sites for hydroxylation is 1. The summed E-state index contributed by atoms with van der Waals surface area (Å²) in [5.41, 5.74) is 8.95. The van der Waals surface area contributed by atoms with Crippen LogP contribution in [0, 0.1) is 6.92 Å². The van der Waals surface area contributed by atoms with Crippen molar-refractivity contribution >= 4 is 17.6 Å². The van der Waals surface area contributed by atoms with Gasteiger partial charge < -0.3 is 16.0 Å². The largest absolute Gasteiger partial charge is 0.383 e. The summed E-state index contributed by atoms with van der Waals surface area (Å²) < 4.78 is 1.56. The summed E-state index contributed by atoms with van der Waals surface area (Å²) in [5, 5.41) is 7.37. The Morgan fingerprint density at radius 2 is 1.82 bits per heavy atom. The summed E-state index contributed by atoms with van der Waals surface area (Å²) >= 11 is 0.